The summed E-state index contributed by atoms with van der Waals surface area (Å²) in [6, 6.07) is -0.715. The number of carbonyl (C=O) groups excluding carboxylic acids is 1. The highest BCUT2D eigenvalue weighted by Gasteiger charge is 2.42. The van der Waals surface area contributed by atoms with Gasteiger partial charge < -0.3 is 25.7 Å². The summed E-state index contributed by atoms with van der Waals surface area (Å²) in [6.45, 7) is 2.04. The summed E-state index contributed by atoms with van der Waals surface area (Å²) in [5, 5.41) is 40.7. The second-order valence-electron chi connectivity index (χ2n) is 4.91. The monoisotopic (exact) mass is 261 g/mol. The third-order valence-corrected chi connectivity index (χ3v) is 3.36. The molecule has 6 heteroatoms. The van der Waals surface area contributed by atoms with Crippen LogP contribution >= 0.6 is 0 Å². The Morgan fingerprint density at radius 2 is 1.78 bits per heavy atom. The van der Waals surface area contributed by atoms with Crippen molar-refractivity contribution in [2.75, 3.05) is 0 Å². The Kier molecular flexibility index (Phi) is 6.01. The van der Waals surface area contributed by atoms with Gasteiger partial charge in [0.1, 0.15) is 18.3 Å². The van der Waals surface area contributed by atoms with Gasteiger partial charge in [0.2, 0.25) is 5.91 Å². The Morgan fingerprint density at radius 3 is 2.39 bits per heavy atom. The number of hydrogen-bond acceptors (Lipinski definition) is 5. The van der Waals surface area contributed by atoms with E-state index in [1.807, 2.05) is 6.92 Å². The molecule has 0 heterocycles. The van der Waals surface area contributed by atoms with Crippen LogP contribution in [0.25, 0.3) is 0 Å². The number of hydrogen-bond donors (Lipinski definition) is 5. The van der Waals surface area contributed by atoms with E-state index < -0.39 is 30.5 Å². The van der Waals surface area contributed by atoms with Crippen LogP contribution in [-0.2, 0) is 4.79 Å². The van der Waals surface area contributed by atoms with Crippen LogP contribution < -0.4 is 5.32 Å². The molecule has 5 atom stereocenters. The van der Waals surface area contributed by atoms with E-state index in [1.54, 1.807) is 0 Å². The molecule has 18 heavy (non-hydrogen) atoms. The fourth-order valence-electron chi connectivity index (χ4n) is 2.17. The molecule has 0 aromatic heterocycles. The Hall–Kier alpha value is -0.690. The molecule has 0 aromatic rings. The van der Waals surface area contributed by atoms with Crippen LogP contribution in [0.1, 0.15) is 39.0 Å². The quantitative estimate of drug-likeness (QED) is 0.403. The summed E-state index contributed by atoms with van der Waals surface area (Å²) in [7, 11) is 0. The van der Waals surface area contributed by atoms with Crippen LogP contribution in [0, 0.1) is 0 Å². The molecule has 0 saturated heterocycles. The van der Waals surface area contributed by atoms with Gasteiger partial charge >= 0.3 is 0 Å². The van der Waals surface area contributed by atoms with Gasteiger partial charge in [0.15, 0.2) is 0 Å². The molecule has 106 valence electrons. The molecule has 1 aliphatic rings. The van der Waals surface area contributed by atoms with Crippen LogP contribution in [0.3, 0.4) is 0 Å². The van der Waals surface area contributed by atoms with E-state index in [0.717, 1.165) is 19.3 Å². The predicted octanol–water partition coefficient (Wildman–Crippen LogP) is -1.10. The first kappa shape index (κ1) is 15.4. The highest BCUT2D eigenvalue weighted by molar-refractivity contribution is 5.76. The maximum Gasteiger partial charge on any atom is 0.220 e. The van der Waals surface area contributed by atoms with Crippen molar-refractivity contribution in [1.29, 1.82) is 0 Å². The van der Waals surface area contributed by atoms with Crippen LogP contribution in [0.2, 0.25) is 0 Å². The van der Waals surface area contributed by atoms with E-state index in [9.17, 15) is 25.2 Å². The predicted molar refractivity (Wildman–Crippen MR) is 64.7 cm³/mol. The lowest BCUT2D eigenvalue weighted by atomic mass is 9.85. The van der Waals surface area contributed by atoms with Gasteiger partial charge in [-0.25, -0.2) is 0 Å². The summed E-state index contributed by atoms with van der Waals surface area (Å²) in [4.78, 5) is 11.6. The molecule has 1 aliphatic carbocycles. The first-order valence-electron chi connectivity index (χ1n) is 6.49. The first-order valence-corrected chi connectivity index (χ1v) is 6.49. The van der Waals surface area contributed by atoms with Gasteiger partial charge in [0, 0.05) is 6.42 Å². The van der Waals surface area contributed by atoms with Gasteiger partial charge in [-0.1, -0.05) is 19.8 Å². The average Bonchev–Trinajstić information content (AvgIpc) is 2.33. The van der Waals surface area contributed by atoms with Gasteiger partial charge in [0.25, 0.3) is 0 Å². The minimum atomic E-state index is -1.44. The molecule has 1 saturated carbocycles. The fraction of sp³-hybridized carbons (Fsp3) is 0.917. The number of nitrogens with one attached hydrogen (secondary N) is 1. The third kappa shape index (κ3) is 3.91. The van der Waals surface area contributed by atoms with Crippen molar-refractivity contribution >= 4 is 5.91 Å². The van der Waals surface area contributed by atoms with Gasteiger partial charge in [0.05, 0.1) is 12.1 Å². The molecule has 5 N–H and O–H groups in total. The molecular formula is C12H23NO5. The lowest BCUT2D eigenvalue weighted by molar-refractivity contribution is -0.151. The minimum absolute atomic E-state index is 0.0406. The molecule has 0 radical (unpaired) electrons. The molecule has 1 fully saturated rings. The molecule has 1 rings (SSSR count). The lowest BCUT2D eigenvalue weighted by Crippen LogP contribution is -2.60. The molecule has 1 amide bonds. The smallest absolute Gasteiger partial charge is 0.220 e. The summed E-state index contributed by atoms with van der Waals surface area (Å²) in [5.41, 5.74) is 0. The standard InChI is InChI=1S/C12H23NO5/c1-2-3-4-5-9(15)13-7-6-8(14)11(17)12(18)10(7)16/h7-8,10-12,14,16-18H,2-6H2,1H3,(H,13,15)/t7-,8-,10+,11+,12+/m1/s1. The molecule has 0 spiro atoms. The van der Waals surface area contributed by atoms with Gasteiger partial charge in [-0.3, -0.25) is 4.79 Å². The fourth-order valence-corrected chi connectivity index (χ4v) is 2.17. The van der Waals surface area contributed by atoms with Crippen molar-refractivity contribution in [1.82, 2.24) is 5.32 Å². The zero-order valence-corrected chi connectivity index (χ0v) is 10.6. The molecular weight excluding hydrogens is 238 g/mol. The summed E-state index contributed by atoms with van der Waals surface area (Å²) >= 11 is 0. The van der Waals surface area contributed by atoms with E-state index in [4.69, 9.17) is 0 Å². The molecule has 0 bridgehead atoms. The Balaban J connectivity index is 2.43. The zero-order valence-electron chi connectivity index (χ0n) is 10.6. The van der Waals surface area contributed by atoms with E-state index in [-0.39, 0.29) is 12.3 Å². The van der Waals surface area contributed by atoms with Gasteiger partial charge in [-0.15, -0.1) is 0 Å². The maximum absolute atomic E-state index is 11.6. The first-order chi connectivity index (χ1) is 8.47. The summed E-state index contributed by atoms with van der Waals surface area (Å²) in [6.07, 6.45) is -2.03. The highest BCUT2D eigenvalue weighted by atomic mass is 16.4. The number of amides is 1. The number of aliphatic hydroxyl groups is 4. The van der Waals surface area contributed by atoms with Crippen LogP contribution in [0.4, 0.5) is 0 Å². The topological polar surface area (TPSA) is 110 Å². The molecule has 0 aromatic carbocycles. The average molecular weight is 261 g/mol. The van der Waals surface area contributed by atoms with E-state index >= 15 is 0 Å². The van der Waals surface area contributed by atoms with Crippen molar-refractivity contribution in [3.63, 3.8) is 0 Å². The number of carbonyl (C=O) groups is 1. The maximum atomic E-state index is 11.6. The van der Waals surface area contributed by atoms with Gasteiger partial charge in [-0.2, -0.15) is 0 Å². The second kappa shape index (κ2) is 7.04. The van der Waals surface area contributed by atoms with Crippen molar-refractivity contribution in [2.24, 2.45) is 0 Å². The van der Waals surface area contributed by atoms with E-state index in [1.165, 1.54) is 0 Å². The van der Waals surface area contributed by atoms with Gasteiger partial charge in [-0.05, 0) is 12.8 Å². The van der Waals surface area contributed by atoms with Crippen LogP contribution in [0.5, 0.6) is 0 Å². The van der Waals surface area contributed by atoms with E-state index in [2.05, 4.69) is 5.32 Å². The van der Waals surface area contributed by atoms with Crippen molar-refractivity contribution in [3.05, 3.63) is 0 Å². The number of aliphatic hydroxyl groups excluding tert-OH is 4. The summed E-state index contributed by atoms with van der Waals surface area (Å²) in [5.74, 6) is -0.205. The Bertz CT molecular complexity index is 273. The molecule has 0 unspecified atom stereocenters. The van der Waals surface area contributed by atoms with Crippen molar-refractivity contribution < 1.29 is 25.2 Å². The Morgan fingerprint density at radius 1 is 1.11 bits per heavy atom. The molecule has 0 aliphatic heterocycles. The van der Waals surface area contributed by atoms with Crippen molar-refractivity contribution in [3.8, 4) is 0 Å². The lowest BCUT2D eigenvalue weighted by Gasteiger charge is -2.38. The van der Waals surface area contributed by atoms with Crippen molar-refractivity contribution in [2.45, 2.75) is 69.5 Å². The normalized spacial score (nSPS) is 36.4. The third-order valence-electron chi connectivity index (χ3n) is 3.36. The Labute approximate surface area is 107 Å². The second-order valence-corrected chi connectivity index (χ2v) is 4.91. The number of rotatable bonds is 5. The van der Waals surface area contributed by atoms with E-state index in [0.29, 0.717) is 6.42 Å². The van der Waals surface area contributed by atoms with Crippen LogP contribution in [-0.4, -0.2) is 56.8 Å². The van der Waals surface area contributed by atoms with Crippen LogP contribution in [0.15, 0.2) is 0 Å². The largest absolute Gasteiger partial charge is 0.390 e. The highest BCUT2D eigenvalue weighted by Crippen LogP contribution is 2.20. The molecule has 6 nitrogen and oxygen atoms in total. The summed E-state index contributed by atoms with van der Waals surface area (Å²) < 4.78 is 0. The zero-order chi connectivity index (χ0) is 13.7. The number of unbranched alkanes of at least 4 members (excludes halogenated alkanes) is 2. The minimum Gasteiger partial charge on any atom is -0.390 e. The SMILES string of the molecule is CCCCCC(=O)N[C@@H]1C[C@@H](O)[C@H](O)[C@@H](O)[C@H]1O.